The average molecular weight is 202 g/mol. The van der Waals surface area contributed by atoms with E-state index in [1.54, 1.807) is 0 Å². The minimum Gasteiger partial charge on any atom is -0.347 e. The summed E-state index contributed by atoms with van der Waals surface area (Å²) in [5.74, 6) is -1.09. The Labute approximate surface area is 84.5 Å². The van der Waals surface area contributed by atoms with E-state index < -0.39 is 11.6 Å². The highest BCUT2D eigenvalue weighted by atomic mass is 16.8. The maximum absolute atomic E-state index is 5.60. The molecule has 2 rings (SSSR count). The van der Waals surface area contributed by atoms with Crippen molar-refractivity contribution in [2.24, 2.45) is 5.92 Å². The van der Waals surface area contributed by atoms with E-state index in [-0.39, 0.29) is 5.92 Å². The molecule has 0 N–H and O–H groups in total. The van der Waals surface area contributed by atoms with Gasteiger partial charge >= 0.3 is 0 Å². The molecule has 0 radical (unpaired) electrons. The molecule has 0 bridgehead atoms. The summed E-state index contributed by atoms with van der Waals surface area (Å²) in [6.07, 6.45) is 0. The Kier molecular flexibility index (Phi) is 2.55. The van der Waals surface area contributed by atoms with Crippen LogP contribution >= 0.6 is 0 Å². The van der Waals surface area contributed by atoms with Crippen LogP contribution in [0.4, 0.5) is 0 Å². The number of hydrogen-bond donors (Lipinski definition) is 0. The molecule has 0 aliphatic carbocycles. The van der Waals surface area contributed by atoms with Gasteiger partial charge in [0.2, 0.25) is 0 Å². The van der Waals surface area contributed by atoms with Crippen molar-refractivity contribution in [2.75, 3.05) is 26.4 Å². The van der Waals surface area contributed by atoms with E-state index in [2.05, 4.69) is 0 Å². The van der Waals surface area contributed by atoms with Gasteiger partial charge in [-0.1, -0.05) is 6.92 Å². The zero-order valence-electron chi connectivity index (χ0n) is 9.04. The van der Waals surface area contributed by atoms with E-state index >= 15 is 0 Å². The van der Waals surface area contributed by atoms with Gasteiger partial charge in [0.15, 0.2) is 11.6 Å². The number of hydrogen-bond acceptors (Lipinski definition) is 4. The first-order valence-corrected chi connectivity index (χ1v) is 5.13. The van der Waals surface area contributed by atoms with Gasteiger partial charge in [-0.2, -0.15) is 0 Å². The van der Waals surface area contributed by atoms with Crippen molar-refractivity contribution in [3.05, 3.63) is 0 Å². The van der Waals surface area contributed by atoms with Crippen LogP contribution in [0, 0.1) is 5.92 Å². The molecule has 0 unspecified atom stereocenters. The molecule has 0 aromatic heterocycles. The van der Waals surface area contributed by atoms with E-state index in [1.807, 2.05) is 20.8 Å². The smallest absolute Gasteiger partial charge is 0.173 e. The maximum Gasteiger partial charge on any atom is 0.173 e. The maximum atomic E-state index is 5.60. The number of ether oxygens (including phenoxy) is 4. The second kappa shape index (κ2) is 3.45. The van der Waals surface area contributed by atoms with Crippen LogP contribution in [0.15, 0.2) is 0 Å². The van der Waals surface area contributed by atoms with Crippen LogP contribution in [0.25, 0.3) is 0 Å². The normalized spacial score (nSPS) is 30.0. The lowest BCUT2D eigenvalue weighted by molar-refractivity contribution is -0.275. The third-order valence-electron chi connectivity index (χ3n) is 3.29. The molecule has 2 aliphatic heterocycles. The van der Waals surface area contributed by atoms with Gasteiger partial charge < -0.3 is 18.9 Å². The standard InChI is InChI=1S/C10H18O4/c1-8(9(2)11-4-5-12-9)10(3)13-6-7-14-10/h8H,4-7H2,1-3H3. The van der Waals surface area contributed by atoms with Gasteiger partial charge in [0, 0.05) is 0 Å². The van der Waals surface area contributed by atoms with Crippen molar-refractivity contribution in [1.29, 1.82) is 0 Å². The topological polar surface area (TPSA) is 36.9 Å². The van der Waals surface area contributed by atoms with Gasteiger partial charge in [0.25, 0.3) is 0 Å². The second-order valence-corrected chi connectivity index (χ2v) is 4.15. The van der Waals surface area contributed by atoms with Crippen LogP contribution < -0.4 is 0 Å². The molecule has 2 aliphatic rings. The Balaban J connectivity index is 2.09. The molecule has 0 saturated carbocycles. The van der Waals surface area contributed by atoms with Gasteiger partial charge in [-0.3, -0.25) is 0 Å². The van der Waals surface area contributed by atoms with E-state index in [1.165, 1.54) is 0 Å². The van der Waals surface area contributed by atoms with Crippen molar-refractivity contribution in [2.45, 2.75) is 32.3 Å². The Morgan fingerprint density at radius 2 is 1.07 bits per heavy atom. The lowest BCUT2D eigenvalue weighted by atomic mass is 9.93. The van der Waals surface area contributed by atoms with Crippen molar-refractivity contribution in [3.63, 3.8) is 0 Å². The lowest BCUT2D eigenvalue weighted by Gasteiger charge is -2.38. The SMILES string of the molecule is CC(C1(C)OCCO1)C1(C)OCCO1. The summed E-state index contributed by atoms with van der Waals surface area (Å²) in [4.78, 5) is 0. The summed E-state index contributed by atoms with van der Waals surface area (Å²) in [5.41, 5.74) is 0. The van der Waals surface area contributed by atoms with Crippen LogP contribution in [0.1, 0.15) is 20.8 Å². The molecular formula is C10H18O4. The van der Waals surface area contributed by atoms with Crippen molar-refractivity contribution in [1.82, 2.24) is 0 Å². The van der Waals surface area contributed by atoms with E-state index in [0.717, 1.165) is 0 Å². The second-order valence-electron chi connectivity index (χ2n) is 4.15. The first-order valence-electron chi connectivity index (χ1n) is 5.13. The molecule has 0 amide bonds. The molecule has 0 spiro atoms. The van der Waals surface area contributed by atoms with Crippen LogP contribution in [-0.4, -0.2) is 38.0 Å². The number of rotatable bonds is 2. The largest absolute Gasteiger partial charge is 0.347 e. The summed E-state index contributed by atoms with van der Waals surface area (Å²) < 4.78 is 22.4. The molecule has 0 aromatic carbocycles. The molecule has 4 nitrogen and oxygen atoms in total. The van der Waals surface area contributed by atoms with Gasteiger partial charge in [-0.15, -0.1) is 0 Å². The summed E-state index contributed by atoms with van der Waals surface area (Å²) in [5, 5.41) is 0. The summed E-state index contributed by atoms with van der Waals surface area (Å²) >= 11 is 0. The summed E-state index contributed by atoms with van der Waals surface area (Å²) in [7, 11) is 0. The fraction of sp³-hybridized carbons (Fsp3) is 1.00. The fourth-order valence-corrected chi connectivity index (χ4v) is 2.04. The van der Waals surface area contributed by atoms with Crippen LogP contribution in [0.3, 0.4) is 0 Å². The molecule has 2 saturated heterocycles. The van der Waals surface area contributed by atoms with Gasteiger partial charge in [-0.25, -0.2) is 0 Å². The Bertz CT molecular complexity index is 182. The van der Waals surface area contributed by atoms with Gasteiger partial charge in [0.1, 0.15) is 0 Å². The third kappa shape index (κ3) is 1.56. The highest BCUT2D eigenvalue weighted by Gasteiger charge is 2.50. The average Bonchev–Trinajstić information content (AvgIpc) is 2.75. The van der Waals surface area contributed by atoms with Gasteiger partial charge in [-0.05, 0) is 13.8 Å². The van der Waals surface area contributed by atoms with E-state index in [4.69, 9.17) is 18.9 Å². The predicted octanol–water partition coefficient (Wildman–Crippen LogP) is 1.15. The Hall–Kier alpha value is -0.160. The van der Waals surface area contributed by atoms with Crippen molar-refractivity contribution in [3.8, 4) is 0 Å². The zero-order valence-corrected chi connectivity index (χ0v) is 9.04. The first-order chi connectivity index (χ1) is 6.57. The molecule has 2 heterocycles. The molecule has 0 atom stereocenters. The molecular weight excluding hydrogens is 184 g/mol. The van der Waals surface area contributed by atoms with Crippen LogP contribution in [0.2, 0.25) is 0 Å². The monoisotopic (exact) mass is 202 g/mol. The predicted molar refractivity (Wildman–Crippen MR) is 49.8 cm³/mol. The molecule has 4 heteroatoms. The minimum absolute atomic E-state index is 0.0556. The zero-order chi connectivity index (χ0) is 10.2. The van der Waals surface area contributed by atoms with Crippen LogP contribution in [-0.2, 0) is 18.9 Å². The molecule has 0 aromatic rings. The highest BCUT2D eigenvalue weighted by Crippen LogP contribution is 2.39. The van der Waals surface area contributed by atoms with Crippen LogP contribution in [0.5, 0.6) is 0 Å². The molecule has 82 valence electrons. The summed E-state index contributed by atoms with van der Waals surface area (Å²) in [6.45, 7) is 8.53. The van der Waals surface area contributed by atoms with E-state index in [0.29, 0.717) is 26.4 Å². The molecule has 2 fully saturated rings. The Morgan fingerprint density at radius 1 is 0.786 bits per heavy atom. The lowest BCUT2D eigenvalue weighted by Crippen LogP contribution is -2.48. The molecule has 14 heavy (non-hydrogen) atoms. The minimum atomic E-state index is -0.570. The first kappa shape index (κ1) is 10.4. The van der Waals surface area contributed by atoms with Crippen molar-refractivity contribution >= 4 is 0 Å². The third-order valence-corrected chi connectivity index (χ3v) is 3.29. The highest BCUT2D eigenvalue weighted by molar-refractivity contribution is 4.86. The fourth-order valence-electron chi connectivity index (χ4n) is 2.04. The van der Waals surface area contributed by atoms with Gasteiger partial charge in [0.05, 0.1) is 32.3 Å². The quantitative estimate of drug-likeness (QED) is 0.673. The van der Waals surface area contributed by atoms with Crippen molar-refractivity contribution < 1.29 is 18.9 Å². The summed E-state index contributed by atoms with van der Waals surface area (Å²) in [6, 6.07) is 0. The van der Waals surface area contributed by atoms with E-state index in [9.17, 15) is 0 Å². The Morgan fingerprint density at radius 3 is 1.36 bits per heavy atom.